The van der Waals surface area contributed by atoms with E-state index in [-0.39, 0.29) is 6.10 Å². The summed E-state index contributed by atoms with van der Waals surface area (Å²) in [6, 6.07) is 0. The molecule has 0 fully saturated rings. The van der Waals surface area contributed by atoms with Crippen LogP contribution in [0.3, 0.4) is 0 Å². The van der Waals surface area contributed by atoms with Gasteiger partial charge in [0.1, 0.15) is 0 Å². The fraction of sp³-hybridized carbons (Fsp3) is 1.00. The Morgan fingerprint density at radius 2 is 2.00 bits per heavy atom. The van der Waals surface area contributed by atoms with Crippen LogP contribution >= 0.6 is 0 Å². The highest BCUT2D eigenvalue weighted by Gasteiger charge is 2.03. The summed E-state index contributed by atoms with van der Waals surface area (Å²) in [5.41, 5.74) is 5.25. The fourth-order valence-electron chi connectivity index (χ4n) is 0.854. The van der Waals surface area contributed by atoms with Crippen LogP contribution in [0.4, 0.5) is 0 Å². The van der Waals surface area contributed by atoms with E-state index in [1.807, 2.05) is 0 Å². The molecule has 1 unspecified atom stereocenters. The van der Waals surface area contributed by atoms with Crippen LogP contribution in [-0.2, 0) is 0 Å². The lowest BCUT2D eigenvalue weighted by molar-refractivity contribution is 0.142. The van der Waals surface area contributed by atoms with Crippen LogP contribution in [0.25, 0.3) is 0 Å². The maximum atomic E-state index is 9.14. The molecule has 0 aliphatic rings. The van der Waals surface area contributed by atoms with Crippen molar-refractivity contribution in [3.8, 4) is 0 Å². The summed E-state index contributed by atoms with van der Waals surface area (Å²) in [5.74, 6) is 0.576. The highest BCUT2D eigenvalue weighted by Crippen LogP contribution is 2.05. The average molecular weight is 131 g/mol. The van der Waals surface area contributed by atoms with Crippen LogP contribution in [0.15, 0.2) is 0 Å². The Kier molecular flexibility index (Phi) is 4.72. The van der Waals surface area contributed by atoms with E-state index in [1.54, 1.807) is 0 Å². The average Bonchev–Trinajstić information content (AvgIpc) is 1.63. The van der Waals surface area contributed by atoms with Gasteiger partial charge in [0.05, 0.1) is 6.10 Å². The van der Waals surface area contributed by atoms with Gasteiger partial charge >= 0.3 is 0 Å². The molecule has 1 atom stereocenters. The Hall–Kier alpha value is -0.0800. The molecule has 0 bridgehead atoms. The number of aliphatic hydroxyl groups is 1. The normalized spacial score (nSPS) is 14.3. The van der Waals surface area contributed by atoms with E-state index >= 15 is 0 Å². The number of nitrogens with two attached hydrogens (primary N) is 1. The van der Waals surface area contributed by atoms with Crippen LogP contribution in [0.1, 0.15) is 26.7 Å². The molecule has 0 amide bonds. The number of hydrogen-bond donors (Lipinski definition) is 2. The molecule has 0 aromatic carbocycles. The molecule has 0 saturated heterocycles. The predicted octanol–water partition coefficient (Wildman–Crippen LogP) is 0.742. The maximum Gasteiger partial charge on any atom is 0.0554 e. The molecule has 2 heteroatoms. The molecule has 9 heavy (non-hydrogen) atoms. The summed E-state index contributed by atoms with van der Waals surface area (Å²) in [4.78, 5) is 0. The zero-order valence-corrected chi connectivity index (χ0v) is 6.30. The van der Waals surface area contributed by atoms with Gasteiger partial charge in [-0.3, -0.25) is 0 Å². The molecule has 0 aromatic heterocycles. The predicted molar refractivity (Wildman–Crippen MR) is 39.1 cm³/mol. The standard InChI is InChI=1S/C7H17NO/c1-6(2)5-7(9)3-4-8/h6-7,9H,3-5,8H2,1-2H3. The maximum absolute atomic E-state index is 9.14. The molecule has 0 aromatic rings. The summed E-state index contributed by atoms with van der Waals surface area (Å²) in [6.07, 6.45) is 1.42. The van der Waals surface area contributed by atoms with Crippen LogP contribution < -0.4 is 5.73 Å². The van der Waals surface area contributed by atoms with Gasteiger partial charge in [0, 0.05) is 0 Å². The second-order valence-corrected chi connectivity index (χ2v) is 2.86. The lowest BCUT2D eigenvalue weighted by atomic mass is 10.0. The van der Waals surface area contributed by atoms with Gasteiger partial charge in [0.2, 0.25) is 0 Å². The third kappa shape index (κ3) is 5.80. The second-order valence-electron chi connectivity index (χ2n) is 2.86. The first kappa shape index (κ1) is 8.92. The van der Waals surface area contributed by atoms with Crippen molar-refractivity contribution in [2.45, 2.75) is 32.8 Å². The molecule has 2 nitrogen and oxygen atoms in total. The minimum absolute atomic E-state index is 0.185. The van der Waals surface area contributed by atoms with Gasteiger partial charge in [-0.25, -0.2) is 0 Å². The zero-order valence-electron chi connectivity index (χ0n) is 6.30. The topological polar surface area (TPSA) is 46.2 Å². The first-order chi connectivity index (χ1) is 4.16. The van der Waals surface area contributed by atoms with Crippen molar-refractivity contribution in [2.75, 3.05) is 6.54 Å². The van der Waals surface area contributed by atoms with E-state index in [9.17, 15) is 0 Å². The largest absolute Gasteiger partial charge is 0.393 e. The van der Waals surface area contributed by atoms with Gasteiger partial charge in [-0.05, 0) is 25.3 Å². The number of aliphatic hydroxyl groups excluding tert-OH is 1. The molecule has 0 spiro atoms. The number of hydrogen-bond acceptors (Lipinski definition) is 2. The van der Waals surface area contributed by atoms with Gasteiger partial charge in [-0.1, -0.05) is 13.8 Å². The quantitative estimate of drug-likeness (QED) is 0.591. The van der Waals surface area contributed by atoms with Crippen LogP contribution in [0.5, 0.6) is 0 Å². The van der Waals surface area contributed by atoms with Crippen molar-refractivity contribution >= 4 is 0 Å². The van der Waals surface area contributed by atoms with Crippen LogP contribution in [-0.4, -0.2) is 17.8 Å². The van der Waals surface area contributed by atoms with Gasteiger partial charge in [-0.2, -0.15) is 0 Å². The van der Waals surface area contributed by atoms with Crippen molar-refractivity contribution < 1.29 is 5.11 Å². The van der Waals surface area contributed by atoms with Gasteiger partial charge < -0.3 is 10.8 Å². The van der Waals surface area contributed by atoms with Crippen LogP contribution in [0.2, 0.25) is 0 Å². The molecule has 0 heterocycles. The molecular formula is C7H17NO. The summed E-state index contributed by atoms with van der Waals surface area (Å²) in [7, 11) is 0. The monoisotopic (exact) mass is 131 g/mol. The first-order valence-electron chi connectivity index (χ1n) is 3.55. The van der Waals surface area contributed by atoms with Gasteiger partial charge in [0.25, 0.3) is 0 Å². The van der Waals surface area contributed by atoms with E-state index in [0.29, 0.717) is 12.5 Å². The Balaban J connectivity index is 3.15. The van der Waals surface area contributed by atoms with Crippen LogP contribution in [0, 0.1) is 5.92 Å². The SMILES string of the molecule is CC(C)CC(O)CCN. The van der Waals surface area contributed by atoms with E-state index in [1.165, 1.54) is 0 Å². The van der Waals surface area contributed by atoms with Crippen molar-refractivity contribution in [1.29, 1.82) is 0 Å². The van der Waals surface area contributed by atoms with E-state index in [2.05, 4.69) is 13.8 Å². The minimum atomic E-state index is -0.185. The smallest absolute Gasteiger partial charge is 0.0554 e. The van der Waals surface area contributed by atoms with Crippen molar-refractivity contribution in [3.63, 3.8) is 0 Å². The second kappa shape index (κ2) is 4.77. The molecular weight excluding hydrogens is 114 g/mol. The molecule has 3 N–H and O–H groups in total. The molecule has 0 aliphatic carbocycles. The van der Waals surface area contributed by atoms with Gasteiger partial charge in [0.15, 0.2) is 0 Å². The van der Waals surface area contributed by atoms with Crippen molar-refractivity contribution in [1.82, 2.24) is 0 Å². The third-order valence-corrected chi connectivity index (χ3v) is 1.24. The van der Waals surface area contributed by atoms with Crippen molar-refractivity contribution in [3.05, 3.63) is 0 Å². The van der Waals surface area contributed by atoms with Gasteiger partial charge in [-0.15, -0.1) is 0 Å². The highest BCUT2D eigenvalue weighted by molar-refractivity contribution is 4.57. The van der Waals surface area contributed by atoms with E-state index < -0.39 is 0 Å². The molecule has 0 aliphatic heterocycles. The Bertz CT molecular complexity index is 63.9. The molecule has 0 rings (SSSR count). The summed E-state index contributed by atoms with van der Waals surface area (Å²) < 4.78 is 0. The third-order valence-electron chi connectivity index (χ3n) is 1.24. The fourth-order valence-corrected chi connectivity index (χ4v) is 0.854. The summed E-state index contributed by atoms with van der Waals surface area (Å²) in [5, 5.41) is 9.14. The van der Waals surface area contributed by atoms with E-state index in [4.69, 9.17) is 10.8 Å². The molecule has 56 valence electrons. The molecule has 0 radical (unpaired) electrons. The lowest BCUT2D eigenvalue weighted by Gasteiger charge is -2.10. The molecule has 0 saturated carbocycles. The highest BCUT2D eigenvalue weighted by atomic mass is 16.3. The Labute approximate surface area is 57.1 Å². The number of rotatable bonds is 4. The van der Waals surface area contributed by atoms with E-state index in [0.717, 1.165) is 12.8 Å². The Morgan fingerprint density at radius 3 is 2.33 bits per heavy atom. The first-order valence-corrected chi connectivity index (χ1v) is 3.55. The summed E-state index contributed by atoms with van der Waals surface area (Å²) in [6.45, 7) is 4.79. The Morgan fingerprint density at radius 1 is 1.44 bits per heavy atom. The zero-order chi connectivity index (χ0) is 7.28. The lowest BCUT2D eigenvalue weighted by Crippen LogP contribution is -2.15. The summed E-state index contributed by atoms with van der Waals surface area (Å²) >= 11 is 0. The van der Waals surface area contributed by atoms with Crippen molar-refractivity contribution in [2.24, 2.45) is 11.7 Å². The minimum Gasteiger partial charge on any atom is -0.393 e.